The lowest BCUT2D eigenvalue weighted by atomic mass is 10.2. The first-order chi connectivity index (χ1) is 10.6. The van der Waals surface area contributed by atoms with Crippen molar-refractivity contribution in [3.63, 3.8) is 0 Å². The predicted octanol–water partition coefficient (Wildman–Crippen LogP) is 2.89. The van der Waals surface area contributed by atoms with E-state index in [2.05, 4.69) is 25.8 Å². The molecule has 0 unspecified atom stereocenters. The largest absolute Gasteiger partial charge is 0.304 e. The summed E-state index contributed by atoms with van der Waals surface area (Å²) in [6.45, 7) is 8.83. The average molecular weight is 298 g/mol. The van der Waals surface area contributed by atoms with Crippen molar-refractivity contribution in [3.05, 3.63) is 39.7 Å². The van der Waals surface area contributed by atoms with Gasteiger partial charge < -0.3 is 4.57 Å². The highest BCUT2D eigenvalue weighted by atomic mass is 16.1. The second kappa shape index (κ2) is 5.55. The van der Waals surface area contributed by atoms with Crippen LogP contribution in [-0.2, 0) is 19.4 Å². The Labute approximate surface area is 129 Å². The minimum atomic E-state index is 0.0325. The molecule has 0 aromatic carbocycles. The van der Waals surface area contributed by atoms with E-state index >= 15 is 0 Å². The van der Waals surface area contributed by atoms with Gasteiger partial charge in [0, 0.05) is 18.7 Å². The first kappa shape index (κ1) is 14.8. The first-order valence-corrected chi connectivity index (χ1v) is 8.02. The molecule has 0 fully saturated rings. The molecule has 0 saturated carbocycles. The van der Waals surface area contributed by atoms with Crippen LogP contribution in [0.4, 0.5) is 0 Å². The molecule has 0 atom stereocenters. The molecule has 3 heterocycles. The third-order valence-corrected chi connectivity index (χ3v) is 4.11. The lowest BCUT2D eigenvalue weighted by molar-refractivity contribution is 0.676. The van der Waals surface area contributed by atoms with Crippen molar-refractivity contribution in [2.45, 2.75) is 53.5 Å². The zero-order chi connectivity index (χ0) is 15.9. The summed E-state index contributed by atoms with van der Waals surface area (Å²) < 4.78 is 3.80. The van der Waals surface area contributed by atoms with Gasteiger partial charge in [0.15, 0.2) is 5.65 Å². The molecule has 0 amide bonds. The van der Waals surface area contributed by atoms with E-state index in [-0.39, 0.29) is 5.56 Å². The highest BCUT2D eigenvalue weighted by Gasteiger charge is 2.18. The van der Waals surface area contributed by atoms with Crippen molar-refractivity contribution in [1.29, 1.82) is 0 Å². The molecule has 0 aliphatic carbocycles. The maximum Gasteiger partial charge on any atom is 0.277 e. The second-order valence-electron chi connectivity index (χ2n) is 5.61. The van der Waals surface area contributed by atoms with Gasteiger partial charge in [0.2, 0.25) is 0 Å². The molecule has 5 nitrogen and oxygen atoms in total. The zero-order valence-electron chi connectivity index (χ0n) is 13.7. The molecule has 0 aliphatic heterocycles. The monoisotopic (exact) mass is 298 g/mol. The standard InChI is InChI=1S/C17H22N4O/c1-5-10-20-13-9-8-12(6-2)19-16(13)21-14(7-3)18-11(4)15(21)17(20)22/h8-9H,5-7,10H2,1-4H3. The Morgan fingerprint density at radius 2 is 1.86 bits per heavy atom. The van der Waals surface area contributed by atoms with Crippen LogP contribution in [0.2, 0.25) is 0 Å². The molecule has 0 saturated heterocycles. The van der Waals surface area contributed by atoms with Crippen LogP contribution in [0, 0.1) is 6.92 Å². The van der Waals surface area contributed by atoms with Crippen LogP contribution in [0.5, 0.6) is 0 Å². The van der Waals surface area contributed by atoms with E-state index in [1.54, 1.807) is 0 Å². The summed E-state index contributed by atoms with van der Waals surface area (Å²) in [5, 5.41) is 0. The number of hydrogen-bond donors (Lipinski definition) is 0. The summed E-state index contributed by atoms with van der Waals surface area (Å²) in [7, 11) is 0. The van der Waals surface area contributed by atoms with Gasteiger partial charge >= 0.3 is 0 Å². The number of hydrogen-bond acceptors (Lipinski definition) is 3. The maximum atomic E-state index is 12.9. The van der Waals surface area contributed by atoms with E-state index in [1.807, 2.05) is 28.0 Å². The third kappa shape index (κ3) is 2.03. The molecule has 5 heteroatoms. The Bertz CT molecular complexity index is 905. The van der Waals surface area contributed by atoms with Crippen LogP contribution in [0.1, 0.15) is 44.4 Å². The summed E-state index contributed by atoms with van der Waals surface area (Å²) in [4.78, 5) is 22.3. The Kier molecular flexibility index (Phi) is 3.72. The van der Waals surface area contributed by atoms with Crippen molar-refractivity contribution in [3.8, 4) is 0 Å². The van der Waals surface area contributed by atoms with Crippen LogP contribution in [0.15, 0.2) is 16.9 Å². The molecular weight excluding hydrogens is 276 g/mol. The molecule has 3 rings (SSSR count). The Morgan fingerprint density at radius 3 is 2.50 bits per heavy atom. The lowest BCUT2D eigenvalue weighted by Gasteiger charge is -2.13. The van der Waals surface area contributed by atoms with Gasteiger partial charge in [-0.1, -0.05) is 20.8 Å². The summed E-state index contributed by atoms with van der Waals surface area (Å²) in [6.07, 6.45) is 2.56. The molecule has 0 spiro atoms. The summed E-state index contributed by atoms with van der Waals surface area (Å²) in [5.41, 5.74) is 4.26. The van der Waals surface area contributed by atoms with Crippen molar-refractivity contribution in [1.82, 2.24) is 18.9 Å². The zero-order valence-corrected chi connectivity index (χ0v) is 13.7. The van der Waals surface area contributed by atoms with E-state index in [1.165, 1.54) is 0 Å². The smallest absolute Gasteiger partial charge is 0.277 e. The Morgan fingerprint density at radius 1 is 1.09 bits per heavy atom. The van der Waals surface area contributed by atoms with E-state index in [0.29, 0.717) is 12.1 Å². The summed E-state index contributed by atoms with van der Waals surface area (Å²) in [5.74, 6) is 0.902. The topological polar surface area (TPSA) is 52.2 Å². The minimum Gasteiger partial charge on any atom is -0.304 e. The average Bonchev–Trinajstić information content (AvgIpc) is 2.88. The van der Waals surface area contributed by atoms with Gasteiger partial charge in [0.25, 0.3) is 5.56 Å². The van der Waals surface area contributed by atoms with Gasteiger partial charge in [-0.15, -0.1) is 0 Å². The molecule has 3 aromatic rings. The van der Waals surface area contributed by atoms with E-state index in [9.17, 15) is 4.79 Å². The fraction of sp³-hybridized carbons (Fsp3) is 0.471. The van der Waals surface area contributed by atoms with E-state index < -0.39 is 0 Å². The maximum absolute atomic E-state index is 12.9. The van der Waals surface area contributed by atoms with Crippen LogP contribution in [-0.4, -0.2) is 18.9 Å². The van der Waals surface area contributed by atoms with Crippen LogP contribution in [0.25, 0.3) is 16.7 Å². The number of pyridine rings is 1. The van der Waals surface area contributed by atoms with Crippen LogP contribution >= 0.6 is 0 Å². The van der Waals surface area contributed by atoms with Crippen LogP contribution < -0.4 is 5.56 Å². The third-order valence-electron chi connectivity index (χ3n) is 4.11. The van der Waals surface area contributed by atoms with Gasteiger partial charge in [-0.05, 0) is 31.9 Å². The number of fused-ring (bicyclic) bond motifs is 3. The number of rotatable bonds is 4. The van der Waals surface area contributed by atoms with Crippen LogP contribution in [0.3, 0.4) is 0 Å². The SMILES string of the molecule is CCCn1c(=O)c2c(C)nc(CC)n2c2nc(CC)ccc21. The molecule has 3 aromatic heterocycles. The van der Waals surface area contributed by atoms with Crippen molar-refractivity contribution in [2.75, 3.05) is 0 Å². The molecular formula is C17H22N4O. The van der Waals surface area contributed by atoms with Gasteiger partial charge in [-0.2, -0.15) is 0 Å². The normalized spacial score (nSPS) is 11.6. The van der Waals surface area contributed by atoms with Gasteiger partial charge in [-0.25, -0.2) is 9.97 Å². The minimum absolute atomic E-state index is 0.0325. The first-order valence-electron chi connectivity index (χ1n) is 8.02. The predicted molar refractivity (Wildman–Crippen MR) is 88.5 cm³/mol. The Balaban J connectivity index is 2.58. The van der Waals surface area contributed by atoms with Gasteiger partial charge in [-0.3, -0.25) is 9.20 Å². The molecule has 22 heavy (non-hydrogen) atoms. The number of nitrogens with zero attached hydrogens (tertiary/aromatic N) is 4. The van der Waals surface area contributed by atoms with E-state index in [4.69, 9.17) is 4.98 Å². The van der Waals surface area contributed by atoms with Crippen molar-refractivity contribution < 1.29 is 0 Å². The highest BCUT2D eigenvalue weighted by Crippen LogP contribution is 2.19. The van der Waals surface area contributed by atoms with Crippen molar-refractivity contribution in [2.24, 2.45) is 0 Å². The van der Waals surface area contributed by atoms with E-state index in [0.717, 1.165) is 47.6 Å². The highest BCUT2D eigenvalue weighted by molar-refractivity contribution is 5.76. The van der Waals surface area contributed by atoms with Crippen molar-refractivity contribution >= 4 is 16.7 Å². The molecule has 0 radical (unpaired) electrons. The Hall–Kier alpha value is -2.17. The molecule has 0 aliphatic rings. The molecule has 116 valence electrons. The molecule has 0 N–H and O–H groups in total. The fourth-order valence-electron chi connectivity index (χ4n) is 3.04. The lowest BCUT2D eigenvalue weighted by Crippen LogP contribution is -2.24. The summed E-state index contributed by atoms with van der Waals surface area (Å²) >= 11 is 0. The second-order valence-corrected chi connectivity index (χ2v) is 5.61. The number of aromatic nitrogens is 4. The van der Waals surface area contributed by atoms with Gasteiger partial charge in [0.1, 0.15) is 11.3 Å². The summed E-state index contributed by atoms with van der Waals surface area (Å²) in [6, 6.07) is 4.03. The number of imidazole rings is 1. The van der Waals surface area contributed by atoms with Gasteiger partial charge in [0.05, 0.1) is 11.2 Å². The quantitative estimate of drug-likeness (QED) is 0.744. The number of aryl methyl sites for hydroxylation is 4. The fourth-order valence-corrected chi connectivity index (χ4v) is 3.04. The molecule has 0 bridgehead atoms.